The zero-order valence-corrected chi connectivity index (χ0v) is 14.0. The lowest BCUT2D eigenvalue weighted by molar-refractivity contribution is -0.120. The number of anilines is 1. The summed E-state index contributed by atoms with van der Waals surface area (Å²) in [6, 6.07) is 1.98. The maximum absolute atomic E-state index is 11.7. The number of hydrogen-bond donors (Lipinski definition) is 1. The summed E-state index contributed by atoms with van der Waals surface area (Å²) < 4.78 is 0. The van der Waals surface area contributed by atoms with Gasteiger partial charge in [-0.2, -0.15) is 0 Å². The van der Waals surface area contributed by atoms with Crippen LogP contribution in [0.2, 0.25) is 0 Å². The molecule has 120 valence electrons. The second kappa shape index (κ2) is 6.42. The maximum Gasteiger partial charge on any atom is 0.220 e. The number of nitrogens with zero attached hydrogens (tertiary/aromatic N) is 4. The second-order valence-corrected chi connectivity index (χ2v) is 6.84. The van der Waals surface area contributed by atoms with Crippen molar-refractivity contribution in [1.29, 1.82) is 0 Å². The van der Waals surface area contributed by atoms with Gasteiger partial charge in [0.15, 0.2) is 5.16 Å². The molecular weight excluding hydrogens is 298 g/mol. The molecule has 3 rings (SSSR count). The fraction of sp³-hybridized carbons (Fsp3) is 0.667. The number of carbonyl (C=O) groups excluding carboxylic acids is 1. The Bertz CT molecular complexity index is 554. The fourth-order valence-corrected chi connectivity index (χ4v) is 3.75. The highest BCUT2D eigenvalue weighted by Gasteiger charge is 2.41. The minimum Gasteiger partial charge on any atom is -0.356 e. The Labute approximate surface area is 135 Å². The second-order valence-electron chi connectivity index (χ2n) is 6.07. The molecule has 1 amide bonds. The highest BCUT2D eigenvalue weighted by atomic mass is 32.2. The molecule has 2 aliphatic rings. The van der Waals surface area contributed by atoms with Gasteiger partial charge in [0.1, 0.15) is 5.82 Å². The average Bonchev–Trinajstić information content (AvgIpc) is 2.73. The molecule has 0 aliphatic carbocycles. The van der Waals surface area contributed by atoms with Gasteiger partial charge in [-0.3, -0.25) is 9.69 Å². The van der Waals surface area contributed by atoms with E-state index in [1.165, 1.54) is 0 Å². The van der Waals surface area contributed by atoms with Crippen LogP contribution in [-0.4, -0.2) is 65.8 Å². The third kappa shape index (κ3) is 3.05. The fourth-order valence-electron chi connectivity index (χ4n) is 3.40. The van der Waals surface area contributed by atoms with Crippen LogP contribution in [0.3, 0.4) is 0 Å². The number of aromatic nitrogens is 2. The summed E-state index contributed by atoms with van der Waals surface area (Å²) >= 11 is 1.56. The first kappa shape index (κ1) is 15.6. The Kier molecular flexibility index (Phi) is 4.54. The van der Waals surface area contributed by atoms with Crippen LogP contribution in [0.1, 0.15) is 19.3 Å². The number of nitrogens with one attached hydrogen (secondary N) is 1. The van der Waals surface area contributed by atoms with Crippen molar-refractivity contribution in [3.05, 3.63) is 12.3 Å². The van der Waals surface area contributed by atoms with Gasteiger partial charge < -0.3 is 10.2 Å². The van der Waals surface area contributed by atoms with Gasteiger partial charge in [-0.25, -0.2) is 9.97 Å². The molecule has 1 atom stereocenters. The molecule has 1 spiro atoms. The van der Waals surface area contributed by atoms with Crippen molar-refractivity contribution in [3.8, 4) is 0 Å². The molecule has 0 aromatic carbocycles. The highest BCUT2D eigenvalue weighted by molar-refractivity contribution is 7.98. The van der Waals surface area contributed by atoms with E-state index in [4.69, 9.17) is 0 Å². The van der Waals surface area contributed by atoms with Gasteiger partial charge >= 0.3 is 0 Å². The summed E-state index contributed by atoms with van der Waals surface area (Å²) in [5.41, 5.74) is 0.0574. The number of carbonyl (C=O) groups is 1. The number of amides is 1. The smallest absolute Gasteiger partial charge is 0.220 e. The third-order valence-electron chi connectivity index (χ3n) is 4.86. The Morgan fingerprint density at radius 1 is 1.36 bits per heavy atom. The molecule has 1 aromatic rings. The summed E-state index contributed by atoms with van der Waals surface area (Å²) in [5, 5.41) is 3.80. The molecular formula is C15H23N5OS. The number of likely N-dealkylation sites (N-methyl/N-ethyl adjacent to an activating group) is 1. The van der Waals surface area contributed by atoms with Gasteiger partial charge in [0.25, 0.3) is 0 Å². The summed E-state index contributed by atoms with van der Waals surface area (Å²) in [6.45, 7) is 3.64. The standard InChI is InChI=1S/C15H23N5OS/c1-19-9-10-20(12-4-7-17-14(18-12)22-2)11-15(19)5-3-13(21)16-8-6-15/h4,7H,3,5-6,8-11H2,1-2H3,(H,16,21)/t15-/m1/s1. The van der Waals surface area contributed by atoms with Gasteiger partial charge in [-0.1, -0.05) is 11.8 Å². The largest absolute Gasteiger partial charge is 0.356 e. The Balaban J connectivity index is 1.81. The van der Waals surface area contributed by atoms with Gasteiger partial charge in [0.05, 0.1) is 0 Å². The minimum atomic E-state index is 0.0574. The molecule has 22 heavy (non-hydrogen) atoms. The van der Waals surface area contributed by atoms with Crippen LogP contribution in [0.4, 0.5) is 5.82 Å². The Morgan fingerprint density at radius 2 is 2.23 bits per heavy atom. The van der Waals surface area contributed by atoms with Crippen molar-refractivity contribution < 1.29 is 4.79 Å². The lowest BCUT2D eigenvalue weighted by atomic mass is 9.86. The van der Waals surface area contributed by atoms with E-state index in [2.05, 4.69) is 32.1 Å². The van der Waals surface area contributed by atoms with Crippen LogP contribution in [0.25, 0.3) is 0 Å². The molecule has 7 heteroatoms. The predicted molar refractivity (Wildman–Crippen MR) is 88.2 cm³/mol. The van der Waals surface area contributed by atoms with Crippen LogP contribution >= 0.6 is 11.8 Å². The lowest BCUT2D eigenvalue weighted by Crippen LogP contribution is -2.61. The van der Waals surface area contributed by atoms with Crippen molar-refractivity contribution in [1.82, 2.24) is 20.2 Å². The van der Waals surface area contributed by atoms with Gasteiger partial charge in [-0.05, 0) is 32.2 Å². The molecule has 6 nitrogen and oxygen atoms in total. The van der Waals surface area contributed by atoms with Crippen LogP contribution in [0.5, 0.6) is 0 Å². The molecule has 2 saturated heterocycles. The Hall–Kier alpha value is -1.34. The molecule has 0 unspecified atom stereocenters. The first-order chi connectivity index (χ1) is 10.6. The van der Waals surface area contributed by atoms with Crippen LogP contribution in [0.15, 0.2) is 17.4 Å². The van der Waals surface area contributed by atoms with E-state index in [9.17, 15) is 4.79 Å². The minimum absolute atomic E-state index is 0.0574. The molecule has 0 saturated carbocycles. The normalized spacial score (nSPS) is 26.8. The number of rotatable bonds is 2. The predicted octanol–water partition coefficient (Wildman–Crippen LogP) is 0.989. The zero-order valence-electron chi connectivity index (χ0n) is 13.2. The van der Waals surface area contributed by atoms with E-state index in [0.717, 1.165) is 50.0 Å². The summed E-state index contributed by atoms with van der Waals surface area (Å²) in [5.74, 6) is 1.17. The van der Waals surface area contributed by atoms with Gasteiger partial charge in [-0.15, -0.1) is 0 Å². The van der Waals surface area contributed by atoms with Gasteiger partial charge in [0, 0.05) is 44.3 Å². The van der Waals surface area contributed by atoms with Gasteiger partial charge in [0.2, 0.25) is 5.91 Å². The topological polar surface area (TPSA) is 61.4 Å². The zero-order chi connectivity index (χ0) is 15.6. The van der Waals surface area contributed by atoms with Crippen molar-refractivity contribution in [2.75, 3.05) is 44.4 Å². The van der Waals surface area contributed by atoms with E-state index < -0.39 is 0 Å². The van der Waals surface area contributed by atoms with Crippen molar-refractivity contribution in [3.63, 3.8) is 0 Å². The molecule has 1 N–H and O–H groups in total. The first-order valence-corrected chi connectivity index (χ1v) is 8.95. The molecule has 0 radical (unpaired) electrons. The van der Waals surface area contributed by atoms with Crippen LogP contribution in [-0.2, 0) is 4.79 Å². The number of piperazine rings is 1. The SMILES string of the molecule is CSc1nccc(N2CCN(C)[C@]3(CCNC(=O)CC3)C2)n1. The lowest BCUT2D eigenvalue weighted by Gasteiger charge is -2.49. The van der Waals surface area contributed by atoms with E-state index in [0.29, 0.717) is 6.42 Å². The molecule has 2 fully saturated rings. The first-order valence-electron chi connectivity index (χ1n) is 7.73. The van der Waals surface area contributed by atoms with Crippen molar-refractivity contribution >= 4 is 23.5 Å². The summed E-state index contributed by atoms with van der Waals surface area (Å²) in [7, 11) is 2.18. The van der Waals surface area contributed by atoms with E-state index in [-0.39, 0.29) is 11.4 Å². The summed E-state index contributed by atoms with van der Waals surface area (Å²) in [4.78, 5) is 25.3. The van der Waals surface area contributed by atoms with Crippen molar-refractivity contribution in [2.45, 2.75) is 30.0 Å². The van der Waals surface area contributed by atoms with Crippen molar-refractivity contribution in [2.24, 2.45) is 0 Å². The third-order valence-corrected chi connectivity index (χ3v) is 5.42. The molecule has 1 aromatic heterocycles. The quantitative estimate of drug-likeness (QED) is 0.647. The highest BCUT2D eigenvalue weighted by Crippen LogP contribution is 2.32. The van der Waals surface area contributed by atoms with E-state index >= 15 is 0 Å². The van der Waals surface area contributed by atoms with E-state index in [1.54, 1.807) is 11.8 Å². The van der Waals surface area contributed by atoms with Crippen LogP contribution in [0, 0.1) is 0 Å². The molecule has 3 heterocycles. The molecule has 2 aliphatic heterocycles. The number of thioether (sulfide) groups is 1. The van der Waals surface area contributed by atoms with Crippen LogP contribution < -0.4 is 10.2 Å². The summed E-state index contributed by atoms with van der Waals surface area (Å²) in [6.07, 6.45) is 6.33. The maximum atomic E-state index is 11.7. The van der Waals surface area contributed by atoms with E-state index in [1.807, 2.05) is 18.5 Å². The average molecular weight is 321 g/mol. The Morgan fingerprint density at radius 3 is 3.05 bits per heavy atom. The molecule has 0 bridgehead atoms. The monoisotopic (exact) mass is 321 g/mol. The number of hydrogen-bond acceptors (Lipinski definition) is 6.